The molecule has 1 heterocycles. The van der Waals surface area contributed by atoms with E-state index in [4.69, 9.17) is 4.74 Å². The lowest BCUT2D eigenvalue weighted by molar-refractivity contribution is 0.298. The number of hydrogen-bond donors (Lipinski definition) is 0. The fourth-order valence-electron chi connectivity index (χ4n) is 2.07. The molecule has 0 saturated carbocycles. The predicted molar refractivity (Wildman–Crippen MR) is 77.2 cm³/mol. The third-order valence-corrected chi connectivity index (χ3v) is 3.18. The minimum Gasteiger partial charge on any atom is -0.487 e. The van der Waals surface area contributed by atoms with Gasteiger partial charge in [0.25, 0.3) is 0 Å². The molecule has 3 aromatic rings. The van der Waals surface area contributed by atoms with Crippen LogP contribution in [0.2, 0.25) is 0 Å². The molecule has 0 aliphatic heterocycles. The molecule has 0 saturated heterocycles. The maximum atomic E-state index is 13.2. The molecule has 0 aliphatic carbocycles. The van der Waals surface area contributed by atoms with Gasteiger partial charge >= 0.3 is 0 Å². The van der Waals surface area contributed by atoms with Crippen molar-refractivity contribution in [2.45, 2.75) is 13.5 Å². The summed E-state index contributed by atoms with van der Waals surface area (Å²) in [6, 6.07) is 16.4. The normalized spacial score (nSPS) is 10.7. The Balaban J connectivity index is 1.81. The van der Waals surface area contributed by atoms with Gasteiger partial charge in [0.05, 0.1) is 11.2 Å². The van der Waals surface area contributed by atoms with Gasteiger partial charge in [-0.2, -0.15) is 0 Å². The number of ether oxygens (including phenoxy) is 1. The van der Waals surface area contributed by atoms with Gasteiger partial charge in [0, 0.05) is 11.5 Å². The highest BCUT2D eigenvalue weighted by Crippen LogP contribution is 2.20. The molecule has 3 rings (SSSR count). The van der Waals surface area contributed by atoms with Crippen LogP contribution < -0.4 is 4.74 Å². The maximum absolute atomic E-state index is 13.2. The Morgan fingerprint density at radius 1 is 1.05 bits per heavy atom. The first-order chi connectivity index (χ1) is 9.72. The average molecular weight is 267 g/mol. The number of aromatic nitrogens is 1. The van der Waals surface area contributed by atoms with E-state index in [-0.39, 0.29) is 5.82 Å². The molecular formula is C17H14FNO. The molecule has 0 radical (unpaired) electrons. The van der Waals surface area contributed by atoms with Crippen LogP contribution in [0.3, 0.4) is 0 Å². The maximum Gasteiger partial charge on any atom is 0.130 e. The van der Waals surface area contributed by atoms with Gasteiger partial charge in [-0.1, -0.05) is 30.3 Å². The molecule has 100 valence electrons. The SMILES string of the molecule is Cc1ccc(F)cc1OCc1ccc2ccccc2n1. The van der Waals surface area contributed by atoms with Crippen molar-refractivity contribution in [1.82, 2.24) is 4.98 Å². The zero-order valence-corrected chi connectivity index (χ0v) is 11.1. The summed E-state index contributed by atoms with van der Waals surface area (Å²) in [6.45, 7) is 2.22. The lowest BCUT2D eigenvalue weighted by atomic mass is 10.2. The molecule has 0 bridgehead atoms. The molecule has 2 aromatic carbocycles. The van der Waals surface area contributed by atoms with Gasteiger partial charge in [-0.25, -0.2) is 9.37 Å². The zero-order valence-electron chi connectivity index (χ0n) is 11.1. The van der Waals surface area contributed by atoms with Crippen molar-refractivity contribution < 1.29 is 9.13 Å². The standard InChI is InChI=1S/C17H14FNO/c1-12-6-8-14(18)10-17(12)20-11-15-9-7-13-4-2-3-5-16(13)19-15/h2-10H,11H2,1H3. The quantitative estimate of drug-likeness (QED) is 0.707. The summed E-state index contributed by atoms with van der Waals surface area (Å²) in [5.41, 5.74) is 2.67. The summed E-state index contributed by atoms with van der Waals surface area (Å²) in [5, 5.41) is 1.10. The van der Waals surface area contributed by atoms with Gasteiger partial charge < -0.3 is 4.74 Å². The molecule has 3 heteroatoms. The molecule has 20 heavy (non-hydrogen) atoms. The predicted octanol–water partition coefficient (Wildman–Crippen LogP) is 4.26. The van der Waals surface area contributed by atoms with Crippen molar-refractivity contribution in [2.75, 3.05) is 0 Å². The van der Waals surface area contributed by atoms with E-state index in [1.54, 1.807) is 6.07 Å². The van der Waals surface area contributed by atoms with E-state index < -0.39 is 0 Å². The van der Waals surface area contributed by atoms with E-state index in [1.165, 1.54) is 12.1 Å². The fourth-order valence-corrected chi connectivity index (χ4v) is 2.07. The lowest BCUT2D eigenvalue weighted by Gasteiger charge is -2.09. The Labute approximate surface area is 116 Å². The first-order valence-corrected chi connectivity index (χ1v) is 6.46. The highest BCUT2D eigenvalue weighted by molar-refractivity contribution is 5.78. The van der Waals surface area contributed by atoms with Gasteiger partial charge in [-0.15, -0.1) is 0 Å². The lowest BCUT2D eigenvalue weighted by Crippen LogP contribution is -2.00. The second-order valence-corrected chi connectivity index (χ2v) is 4.69. The number of benzene rings is 2. The Morgan fingerprint density at radius 3 is 2.80 bits per heavy atom. The van der Waals surface area contributed by atoms with Crippen LogP contribution in [0.4, 0.5) is 4.39 Å². The van der Waals surface area contributed by atoms with Gasteiger partial charge in [0.2, 0.25) is 0 Å². The van der Waals surface area contributed by atoms with Crippen LogP contribution in [-0.2, 0) is 6.61 Å². The fraction of sp³-hybridized carbons (Fsp3) is 0.118. The Morgan fingerprint density at radius 2 is 1.90 bits per heavy atom. The number of nitrogens with zero attached hydrogens (tertiary/aromatic N) is 1. The summed E-state index contributed by atoms with van der Waals surface area (Å²) in [4.78, 5) is 4.52. The van der Waals surface area contributed by atoms with Crippen molar-refractivity contribution in [3.05, 3.63) is 71.7 Å². The average Bonchev–Trinajstić information content (AvgIpc) is 2.48. The van der Waals surface area contributed by atoms with Crippen molar-refractivity contribution in [1.29, 1.82) is 0 Å². The third kappa shape index (κ3) is 2.62. The van der Waals surface area contributed by atoms with E-state index in [0.717, 1.165) is 22.2 Å². The Hall–Kier alpha value is -2.42. The van der Waals surface area contributed by atoms with Gasteiger partial charge in [0.15, 0.2) is 0 Å². The zero-order chi connectivity index (χ0) is 13.9. The number of halogens is 1. The van der Waals surface area contributed by atoms with Crippen molar-refractivity contribution in [2.24, 2.45) is 0 Å². The number of para-hydroxylation sites is 1. The van der Waals surface area contributed by atoms with Crippen molar-refractivity contribution in [3.8, 4) is 5.75 Å². The summed E-state index contributed by atoms with van der Waals surface area (Å²) in [6.07, 6.45) is 0. The second kappa shape index (κ2) is 5.29. The smallest absolute Gasteiger partial charge is 0.130 e. The topological polar surface area (TPSA) is 22.1 Å². The molecule has 1 aromatic heterocycles. The molecule has 0 fully saturated rings. The molecule has 0 N–H and O–H groups in total. The molecule has 0 atom stereocenters. The number of rotatable bonds is 3. The monoisotopic (exact) mass is 267 g/mol. The van der Waals surface area contributed by atoms with E-state index >= 15 is 0 Å². The van der Waals surface area contributed by atoms with Crippen molar-refractivity contribution >= 4 is 10.9 Å². The molecule has 0 spiro atoms. The largest absolute Gasteiger partial charge is 0.487 e. The molecule has 0 aliphatic rings. The van der Waals surface area contributed by atoms with Crippen molar-refractivity contribution in [3.63, 3.8) is 0 Å². The minimum atomic E-state index is -0.294. The molecule has 2 nitrogen and oxygen atoms in total. The van der Waals surface area contributed by atoms with Crippen LogP contribution in [0.5, 0.6) is 5.75 Å². The van der Waals surface area contributed by atoms with E-state index in [9.17, 15) is 4.39 Å². The van der Waals surface area contributed by atoms with E-state index in [0.29, 0.717) is 12.4 Å². The first-order valence-electron chi connectivity index (χ1n) is 6.46. The number of pyridine rings is 1. The third-order valence-electron chi connectivity index (χ3n) is 3.18. The van der Waals surface area contributed by atoms with E-state index in [2.05, 4.69) is 4.98 Å². The summed E-state index contributed by atoms with van der Waals surface area (Å²) in [7, 11) is 0. The van der Waals surface area contributed by atoms with Gasteiger partial charge in [-0.3, -0.25) is 0 Å². The first kappa shape index (κ1) is 12.6. The molecule has 0 unspecified atom stereocenters. The number of hydrogen-bond acceptors (Lipinski definition) is 2. The summed E-state index contributed by atoms with van der Waals surface area (Å²) < 4.78 is 18.8. The summed E-state index contributed by atoms with van der Waals surface area (Å²) >= 11 is 0. The van der Waals surface area contributed by atoms with Crippen LogP contribution in [0, 0.1) is 12.7 Å². The summed E-state index contributed by atoms with van der Waals surface area (Å²) in [5.74, 6) is 0.261. The second-order valence-electron chi connectivity index (χ2n) is 4.69. The number of aryl methyl sites for hydroxylation is 1. The van der Waals surface area contributed by atoms with E-state index in [1.807, 2.05) is 43.3 Å². The van der Waals surface area contributed by atoms with Gasteiger partial charge in [-0.05, 0) is 30.7 Å². The Bertz CT molecular complexity index is 755. The molecular weight excluding hydrogens is 253 g/mol. The van der Waals surface area contributed by atoms with Crippen LogP contribution >= 0.6 is 0 Å². The molecule has 0 amide bonds. The minimum absolute atomic E-state index is 0.294. The highest BCUT2D eigenvalue weighted by atomic mass is 19.1. The highest BCUT2D eigenvalue weighted by Gasteiger charge is 2.03. The van der Waals surface area contributed by atoms with Crippen LogP contribution in [0.15, 0.2) is 54.6 Å². The number of fused-ring (bicyclic) bond motifs is 1. The Kier molecular flexibility index (Phi) is 3.33. The van der Waals surface area contributed by atoms with Crippen LogP contribution in [-0.4, -0.2) is 4.98 Å². The van der Waals surface area contributed by atoms with Gasteiger partial charge in [0.1, 0.15) is 18.2 Å². The van der Waals surface area contributed by atoms with Crippen LogP contribution in [0.1, 0.15) is 11.3 Å². The van der Waals surface area contributed by atoms with Crippen LogP contribution in [0.25, 0.3) is 10.9 Å².